The topological polar surface area (TPSA) is 79.3 Å². The summed E-state index contributed by atoms with van der Waals surface area (Å²) in [6.07, 6.45) is 0.727. The molecule has 1 atom stereocenters. The molecule has 0 radical (unpaired) electrons. The second-order valence-electron chi connectivity index (χ2n) is 8.10. The van der Waals surface area contributed by atoms with Gasteiger partial charge in [0.2, 0.25) is 0 Å². The number of hydrogen-bond donors (Lipinski definition) is 1. The third-order valence-electron chi connectivity index (χ3n) is 6.18. The molecule has 1 unspecified atom stereocenters. The van der Waals surface area contributed by atoms with Gasteiger partial charge in [0.1, 0.15) is 17.3 Å². The van der Waals surface area contributed by atoms with Crippen LogP contribution in [0, 0.1) is 0 Å². The number of likely N-dealkylation sites (tertiary alicyclic amines) is 1. The van der Waals surface area contributed by atoms with E-state index in [9.17, 15) is 14.7 Å². The van der Waals surface area contributed by atoms with Gasteiger partial charge in [0, 0.05) is 12.1 Å². The average molecular weight is 467 g/mol. The van der Waals surface area contributed by atoms with Crippen LogP contribution >= 0.6 is 0 Å². The number of Topliss-reactive ketones (excluding diaryl/α,β-unsaturated/α-hetero) is 1. The third-order valence-corrected chi connectivity index (χ3v) is 6.18. The Morgan fingerprint density at radius 1 is 0.971 bits per heavy atom. The molecule has 0 bridgehead atoms. The van der Waals surface area contributed by atoms with Gasteiger partial charge in [-0.15, -0.1) is 0 Å². The van der Waals surface area contributed by atoms with Crippen molar-refractivity contribution in [1.29, 1.82) is 0 Å². The van der Waals surface area contributed by atoms with E-state index in [2.05, 4.69) is 18.7 Å². The molecule has 1 amide bonds. The maximum Gasteiger partial charge on any atom is 0.295 e. The standard InChI is InChI=1S/C27H34N2O5/c1-5-28(6-2)17-8-18-29-24(19-9-13-21(33-4)14-10-19)23(26(31)27(29)32)25(30)20-11-15-22(16-12-20)34-7-3/h9-16,24,30H,5-8,17-18H2,1-4H3/b25-23+. The van der Waals surface area contributed by atoms with E-state index in [1.807, 2.05) is 19.1 Å². The van der Waals surface area contributed by atoms with Gasteiger partial charge in [0.25, 0.3) is 11.7 Å². The van der Waals surface area contributed by atoms with Crippen molar-refractivity contribution < 1.29 is 24.2 Å². The summed E-state index contributed by atoms with van der Waals surface area (Å²) in [5.74, 6) is -0.104. The first-order valence-corrected chi connectivity index (χ1v) is 11.8. The molecule has 1 saturated heterocycles. The molecule has 34 heavy (non-hydrogen) atoms. The van der Waals surface area contributed by atoms with Crippen LogP contribution < -0.4 is 9.47 Å². The van der Waals surface area contributed by atoms with Gasteiger partial charge in [-0.25, -0.2) is 0 Å². The lowest BCUT2D eigenvalue weighted by Crippen LogP contribution is -2.33. The molecule has 7 heteroatoms. The lowest BCUT2D eigenvalue weighted by molar-refractivity contribution is -0.140. The van der Waals surface area contributed by atoms with Crippen LogP contribution in [0.25, 0.3) is 5.76 Å². The van der Waals surface area contributed by atoms with Gasteiger partial charge in [0.15, 0.2) is 0 Å². The summed E-state index contributed by atoms with van der Waals surface area (Å²) in [4.78, 5) is 30.1. The van der Waals surface area contributed by atoms with Crippen molar-refractivity contribution in [2.45, 2.75) is 33.2 Å². The minimum atomic E-state index is -0.672. The Bertz CT molecular complexity index is 1010. The summed E-state index contributed by atoms with van der Waals surface area (Å²) in [5, 5.41) is 11.2. The van der Waals surface area contributed by atoms with Crippen molar-refractivity contribution in [3.05, 3.63) is 65.2 Å². The fourth-order valence-corrected chi connectivity index (χ4v) is 4.28. The maximum absolute atomic E-state index is 13.1. The Labute approximate surface area is 201 Å². The van der Waals surface area contributed by atoms with Crippen LogP contribution in [0.15, 0.2) is 54.1 Å². The van der Waals surface area contributed by atoms with Gasteiger partial charge in [0.05, 0.1) is 25.3 Å². The summed E-state index contributed by atoms with van der Waals surface area (Å²) in [5.41, 5.74) is 1.31. The minimum Gasteiger partial charge on any atom is -0.507 e. The van der Waals surface area contributed by atoms with Crippen LogP contribution in [0.3, 0.4) is 0 Å². The first kappa shape index (κ1) is 25.3. The van der Waals surface area contributed by atoms with Crippen LogP contribution in [0.4, 0.5) is 0 Å². The molecule has 2 aromatic carbocycles. The summed E-state index contributed by atoms with van der Waals surface area (Å²) >= 11 is 0. The van der Waals surface area contributed by atoms with E-state index in [1.54, 1.807) is 48.4 Å². The van der Waals surface area contributed by atoms with Gasteiger partial charge >= 0.3 is 0 Å². The minimum absolute atomic E-state index is 0.0992. The van der Waals surface area contributed by atoms with Crippen LogP contribution in [-0.4, -0.2) is 66.5 Å². The zero-order valence-electron chi connectivity index (χ0n) is 20.4. The quantitative estimate of drug-likeness (QED) is 0.303. The molecule has 1 fully saturated rings. The van der Waals surface area contributed by atoms with Crippen molar-refractivity contribution in [3.8, 4) is 11.5 Å². The fraction of sp³-hybridized carbons (Fsp3) is 0.407. The lowest BCUT2D eigenvalue weighted by atomic mass is 9.95. The van der Waals surface area contributed by atoms with E-state index in [0.29, 0.717) is 30.2 Å². The molecule has 1 N–H and O–H groups in total. The Kier molecular flexibility index (Phi) is 8.71. The normalized spacial score (nSPS) is 17.4. The number of carbonyl (C=O) groups is 2. The highest BCUT2D eigenvalue weighted by Crippen LogP contribution is 2.40. The van der Waals surface area contributed by atoms with Crippen LogP contribution in [0.5, 0.6) is 11.5 Å². The van der Waals surface area contributed by atoms with E-state index in [4.69, 9.17) is 9.47 Å². The van der Waals surface area contributed by atoms with Crippen molar-refractivity contribution >= 4 is 17.4 Å². The molecule has 0 aliphatic carbocycles. The Balaban J connectivity index is 2.00. The fourth-order valence-electron chi connectivity index (χ4n) is 4.28. The molecule has 182 valence electrons. The number of aliphatic hydroxyl groups is 1. The number of ketones is 1. The van der Waals surface area contributed by atoms with E-state index in [0.717, 1.165) is 31.6 Å². The first-order valence-electron chi connectivity index (χ1n) is 11.8. The highest BCUT2D eigenvalue weighted by molar-refractivity contribution is 6.46. The van der Waals surface area contributed by atoms with Crippen molar-refractivity contribution in [1.82, 2.24) is 9.80 Å². The third kappa shape index (κ3) is 5.42. The Hall–Kier alpha value is -3.32. The number of amides is 1. The summed E-state index contributed by atoms with van der Waals surface area (Å²) in [6.45, 7) is 9.71. The van der Waals surface area contributed by atoms with Gasteiger partial charge in [-0.05, 0) is 74.9 Å². The predicted octanol–water partition coefficient (Wildman–Crippen LogP) is 4.25. The van der Waals surface area contributed by atoms with Gasteiger partial charge in [-0.3, -0.25) is 9.59 Å². The van der Waals surface area contributed by atoms with Crippen molar-refractivity contribution in [3.63, 3.8) is 0 Å². The average Bonchev–Trinajstić information content (AvgIpc) is 3.12. The van der Waals surface area contributed by atoms with Gasteiger partial charge in [-0.1, -0.05) is 26.0 Å². The highest BCUT2D eigenvalue weighted by atomic mass is 16.5. The van der Waals surface area contributed by atoms with E-state index < -0.39 is 17.7 Å². The molecule has 0 spiro atoms. The predicted molar refractivity (Wildman–Crippen MR) is 132 cm³/mol. The molecule has 1 heterocycles. The first-order chi connectivity index (χ1) is 16.4. The van der Waals surface area contributed by atoms with Crippen LogP contribution in [0.2, 0.25) is 0 Å². The smallest absolute Gasteiger partial charge is 0.295 e. The SMILES string of the molecule is CCOc1ccc(/C(O)=C2\C(=O)C(=O)N(CCCN(CC)CC)C2c2ccc(OC)cc2)cc1. The largest absolute Gasteiger partial charge is 0.507 e. The molecule has 0 aromatic heterocycles. The number of rotatable bonds is 11. The highest BCUT2D eigenvalue weighted by Gasteiger charge is 2.45. The number of methoxy groups -OCH3 is 1. The molecular formula is C27H34N2O5. The summed E-state index contributed by atoms with van der Waals surface area (Å²) in [6, 6.07) is 13.4. The molecule has 3 rings (SSSR count). The molecule has 1 aliphatic rings. The summed E-state index contributed by atoms with van der Waals surface area (Å²) in [7, 11) is 1.58. The number of aliphatic hydroxyl groups excluding tert-OH is 1. The second-order valence-corrected chi connectivity index (χ2v) is 8.10. The second kappa shape index (κ2) is 11.7. The number of benzene rings is 2. The van der Waals surface area contributed by atoms with Crippen LogP contribution in [0.1, 0.15) is 44.4 Å². The molecule has 1 aliphatic heterocycles. The van der Waals surface area contributed by atoms with E-state index in [-0.39, 0.29) is 11.3 Å². The van der Waals surface area contributed by atoms with Gasteiger partial charge in [-0.2, -0.15) is 0 Å². The maximum atomic E-state index is 13.1. The molecule has 7 nitrogen and oxygen atoms in total. The van der Waals surface area contributed by atoms with Crippen LogP contribution in [-0.2, 0) is 9.59 Å². The van der Waals surface area contributed by atoms with Gasteiger partial charge < -0.3 is 24.4 Å². The van der Waals surface area contributed by atoms with Crippen molar-refractivity contribution in [2.24, 2.45) is 0 Å². The monoisotopic (exact) mass is 466 g/mol. The number of ether oxygens (including phenoxy) is 2. The zero-order valence-corrected chi connectivity index (χ0v) is 20.4. The van der Waals surface area contributed by atoms with Crippen molar-refractivity contribution in [2.75, 3.05) is 39.9 Å². The zero-order chi connectivity index (χ0) is 24.7. The summed E-state index contributed by atoms with van der Waals surface area (Å²) < 4.78 is 10.7. The number of hydrogen-bond acceptors (Lipinski definition) is 6. The van der Waals surface area contributed by atoms with E-state index >= 15 is 0 Å². The Morgan fingerprint density at radius 3 is 2.15 bits per heavy atom. The molecule has 2 aromatic rings. The Morgan fingerprint density at radius 2 is 1.59 bits per heavy atom. The lowest BCUT2D eigenvalue weighted by Gasteiger charge is -2.27. The number of nitrogens with zero attached hydrogens (tertiary/aromatic N) is 2. The number of carbonyl (C=O) groups excluding carboxylic acids is 2. The van der Waals surface area contributed by atoms with E-state index in [1.165, 1.54) is 0 Å². The molecular weight excluding hydrogens is 432 g/mol. The molecule has 0 saturated carbocycles.